The van der Waals surface area contributed by atoms with Crippen LogP contribution in [0.2, 0.25) is 4.34 Å². The molecule has 3 nitrogen and oxygen atoms in total. The Hall–Kier alpha value is -0.580. The zero-order chi connectivity index (χ0) is 11.4. The summed E-state index contributed by atoms with van der Waals surface area (Å²) in [6.07, 6.45) is 1.37. The molecule has 1 aromatic rings. The van der Waals surface area contributed by atoms with E-state index in [9.17, 15) is 4.79 Å². The van der Waals surface area contributed by atoms with Crippen LogP contribution in [0.25, 0.3) is 0 Å². The fourth-order valence-electron chi connectivity index (χ4n) is 1.37. The van der Waals surface area contributed by atoms with Crippen LogP contribution in [0.15, 0.2) is 12.1 Å². The van der Waals surface area contributed by atoms with Gasteiger partial charge in [-0.3, -0.25) is 9.69 Å². The Kier molecular flexibility index (Phi) is 4.57. The van der Waals surface area contributed by atoms with Crippen molar-refractivity contribution in [2.75, 3.05) is 14.1 Å². The number of hydrogen-bond acceptors (Lipinski definition) is 3. The quantitative estimate of drug-likeness (QED) is 0.868. The summed E-state index contributed by atoms with van der Waals surface area (Å²) >= 11 is 7.30. The van der Waals surface area contributed by atoms with Crippen molar-refractivity contribution in [1.29, 1.82) is 0 Å². The highest BCUT2D eigenvalue weighted by Crippen LogP contribution is 2.23. The van der Waals surface area contributed by atoms with Gasteiger partial charge in [0.2, 0.25) is 0 Å². The third-order valence-electron chi connectivity index (χ3n) is 2.20. The van der Waals surface area contributed by atoms with Crippen LogP contribution in [0.1, 0.15) is 11.3 Å². The highest BCUT2D eigenvalue weighted by atomic mass is 35.5. The van der Waals surface area contributed by atoms with E-state index in [1.807, 2.05) is 12.1 Å². The Morgan fingerprint density at radius 1 is 1.60 bits per heavy atom. The summed E-state index contributed by atoms with van der Waals surface area (Å²) in [5.41, 5.74) is 0. The fourth-order valence-corrected chi connectivity index (χ4v) is 2.47. The molecule has 0 bridgehead atoms. The van der Waals surface area contributed by atoms with Gasteiger partial charge in [-0.05, 0) is 39.1 Å². The first-order valence-corrected chi connectivity index (χ1v) is 5.83. The average Bonchev–Trinajstić information content (AvgIpc) is 2.50. The topological polar surface area (TPSA) is 40.5 Å². The maximum atomic E-state index is 10.9. The number of hydrogen-bond donors (Lipinski definition) is 1. The summed E-state index contributed by atoms with van der Waals surface area (Å²) in [6.45, 7) is 0. The molecule has 0 radical (unpaired) electrons. The molecule has 0 amide bonds. The SMILES string of the molecule is CN(C)C(CCc1ccc(Cl)s1)C(=O)O. The smallest absolute Gasteiger partial charge is 0.320 e. The Morgan fingerprint density at radius 3 is 2.67 bits per heavy atom. The molecule has 0 aromatic carbocycles. The minimum atomic E-state index is -0.775. The summed E-state index contributed by atoms with van der Waals surface area (Å²) < 4.78 is 0.752. The van der Waals surface area contributed by atoms with Crippen LogP contribution < -0.4 is 0 Å². The van der Waals surface area contributed by atoms with E-state index in [2.05, 4.69) is 0 Å². The van der Waals surface area contributed by atoms with E-state index in [4.69, 9.17) is 16.7 Å². The maximum Gasteiger partial charge on any atom is 0.320 e. The second-order valence-electron chi connectivity index (χ2n) is 3.56. The molecule has 1 aromatic heterocycles. The zero-order valence-corrected chi connectivity index (χ0v) is 10.3. The molecule has 0 saturated heterocycles. The van der Waals surface area contributed by atoms with Gasteiger partial charge in [0.1, 0.15) is 6.04 Å². The number of nitrogens with zero attached hydrogens (tertiary/aromatic N) is 1. The van der Waals surface area contributed by atoms with Crippen molar-refractivity contribution in [3.05, 3.63) is 21.3 Å². The van der Waals surface area contributed by atoms with Crippen molar-refractivity contribution in [1.82, 2.24) is 4.90 Å². The number of rotatable bonds is 5. The summed E-state index contributed by atoms with van der Waals surface area (Å²) in [5, 5.41) is 8.96. The van der Waals surface area contributed by atoms with Gasteiger partial charge < -0.3 is 5.11 Å². The molecule has 5 heteroatoms. The van der Waals surface area contributed by atoms with Crippen LogP contribution in [-0.2, 0) is 11.2 Å². The fraction of sp³-hybridized carbons (Fsp3) is 0.500. The second kappa shape index (κ2) is 5.49. The van der Waals surface area contributed by atoms with Gasteiger partial charge in [0.15, 0.2) is 0 Å². The van der Waals surface area contributed by atoms with Crippen LogP contribution in [0.3, 0.4) is 0 Å². The molecule has 1 atom stereocenters. The van der Waals surface area contributed by atoms with E-state index in [-0.39, 0.29) is 0 Å². The van der Waals surface area contributed by atoms with Crippen LogP contribution in [0.4, 0.5) is 0 Å². The highest BCUT2D eigenvalue weighted by molar-refractivity contribution is 7.16. The van der Waals surface area contributed by atoms with Crippen molar-refractivity contribution < 1.29 is 9.90 Å². The minimum absolute atomic E-state index is 0.425. The van der Waals surface area contributed by atoms with Gasteiger partial charge in [-0.1, -0.05) is 11.6 Å². The number of carboxylic acid groups (broad SMARTS) is 1. The number of halogens is 1. The third-order valence-corrected chi connectivity index (χ3v) is 3.49. The Labute approximate surface area is 98.3 Å². The largest absolute Gasteiger partial charge is 0.480 e. The first kappa shape index (κ1) is 12.5. The lowest BCUT2D eigenvalue weighted by molar-refractivity contribution is -0.142. The molecule has 1 heterocycles. The van der Waals surface area contributed by atoms with E-state index in [0.29, 0.717) is 6.42 Å². The monoisotopic (exact) mass is 247 g/mol. The van der Waals surface area contributed by atoms with Gasteiger partial charge >= 0.3 is 5.97 Å². The molecular formula is C10H14ClNO2S. The average molecular weight is 248 g/mol. The molecular weight excluding hydrogens is 234 g/mol. The minimum Gasteiger partial charge on any atom is -0.480 e. The van der Waals surface area contributed by atoms with Gasteiger partial charge in [-0.2, -0.15) is 0 Å². The number of aliphatic carboxylic acids is 1. The van der Waals surface area contributed by atoms with Gasteiger partial charge in [-0.15, -0.1) is 11.3 Å². The molecule has 0 aliphatic carbocycles. The zero-order valence-electron chi connectivity index (χ0n) is 8.74. The van der Waals surface area contributed by atoms with E-state index < -0.39 is 12.0 Å². The Balaban J connectivity index is 2.50. The van der Waals surface area contributed by atoms with E-state index in [1.165, 1.54) is 11.3 Å². The number of carbonyl (C=O) groups is 1. The van der Waals surface area contributed by atoms with Crippen molar-refractivity contribution in [3.8, 4) is 0 Å². The second-order valence-corrected chi connectivity index (χ2v) is 5.36. The normalized spacial score (nSPS) is 13.1. The van der Waals surface area contributed by atoms with Crippen molar-refractivity contribution in [3.63, 3.8) is 0 Å². The summed E-state index contributed by atoms with van der Waals surface area (Å²) in [4.78, 5) is 13.8. The molecule has 0 aliphatic heterocycles. The Morgan fingerprint density at radius 2 is 2.27 bits per heavy atom. The van der Waals surface area contributed by atoms with Crippen LogP contribution in [0.5, 0.6) is 0 Å². The van der Waals surface area contributed by atoms with E-state index >= 15 is 0 Å². The Bertz CT molecular complexity index is 338. The molecule has 1 rings (SSSR count). The number of thiophene rings is 1. The van der Waals surface area contributed by atoms with Crippen LogP contribution in [0, 0.1) is 0 Å². The van der Waals surface area contributed by atoms with Crippen molar-refractivity contribution in [2.45, 2.75) is 18.9 Å². The lowest BCUT2D eigenvalue weighted by Gasteiger charge is -2.19. The standard InChI is InChI=1S/C10H14ClNO2S/c1-12(2)8(10(13)14)5-3-7-4-6-9(11)15-7/h4,6,8H,3,5H2,1-2H3,(H,13,14). The lowest BCUT2D eigenvalue weighted by atomic mass is 10.1. The molecule has 0 fully saturated rings. The molecule has 1 N–H and O–H groups in total. The molecule has 15 heavy (non-hydrogen) atoms. The molecule has 1 unspecified atom stereocenters. The summed E-state index contributed by atoms with van der Waals surface area (Å²) in [6, 6.07) is 3.36. The third kappa shape index (κ3) is 3.81. The number of aryl methyl sites for hydroxylation is 1. The molecule has 0 spiro atoms. The summed E-state index contributed by atoms with van der Waals surface area (Å²) in [5.74, 6) is -0.775. The summed E-state index contributed by atoms with van der Waals surface area (Å²) in [7, 11) is 3.56. The van der Waals surface area contributed by atoms with Gasteiger partial charge in [-0.25, -0.2) is 0 Å². The number of likely N-dealkylation sites (N-methyl/N-ethyl adjacent to an activating group) is 1. The molecule has 0 aliphatic rings. The van der Waals surface area contributed by atoms with Gasteiger partial charge in [0, 0.05) is 4.88 Å². The van der Waals surface area contributed by atoms with Crippen LogP contribution >= 0.6 is 22.9 Å². The van der Waals surface area contributed by atoms with Gasteiger partial charge in [0.05, 0.1) is 4.34 Å². The highest BCUT2D eigenvalue weighted by Gasteiger charge is 2.19. The predicted molar refractivity (Wildman–Crippen MR) is 62.8 cm³/mol. The lowest BCUT2D eigenvalue weighted by Crippen LogP contribution is -2.35. The maximum absolute atomic E-state index is 10.9. The predicted octanol–water partition coefficient (Wildman–Crippen LogP) is 2.35. The van der Waals surface area contributed by atoms with Crippen molar-refractivity contribution >= 4 is 28.9 Å². The molecule has 84 valence electrons. The van der Waals surface area contributed by atoms with Gasteiger partial charge in [0.25, 0.3) is 0 Å². The number of carboxylic acids is 1. The van der Waals surface area contributed by atoms with Crippen molar-refractivity contribution in [2.24, 2.45) is 0 Å². The molecule has 0 saturated carbocycles. The first-order valence-electron chi connectivity index (χ1n) is 4.64. The van der Waals surface area contributed by atoms with E-state index in [0.717, 1.165) is 15.6 Å². The first-order chi connectivity index (χ1) is 7.00. The van der Waals surface area contributed by atoms with Crippen LogP contribution in [-0.4, -0.2) is 36.1 Å². The van der Waals surface area contributed by atoms with E-state index in [1.54, 1.807) is 19.0 Å².